The Morgan fingerprint density at radius 1 is 1.24 bits per heavy atom. The van der Waals surface area contributed by atoms with E-state index in [-0.39, 0.29) is 0 Å². The van der Waals surface area contributed by atoms with Crippen LogP contribution in [0.25, 0.3) is 10.9 Å². The average molecular weight is 353 g/mol. The molecule has 1 saturated heterocycles. The van der Waals surface area contributed by atoms with Gasteiger partial charge in [-0.15, -0.1) is 0 Å². The molecule has 0 aliphatic carbocycles. The van der Waals surface area contributed by atoms with Crippen LogP contribution in [0.15, 0.2) is 30.5 Å². The number of piperidine rings is 1. The Labute approximate surface area is 145 Å². The van der Waals surface area contributed by atoms with E-state index in [9.17, 15) is 13.2 Å². The molecule has 0 spiro atoms. The number of pyridine rings is 1. The first-order chi connectivity index (χ1) is 12.0. The maximum Gasteiger partial charge on any atom is 0.401 e. The number of hydrogen-bond acceptors (Lipinski definition) is 4. The van der Waals surface area contributed by atoms with Gasteiger partial charge in [-0.25, -0.2) is 0 Å². The van der Waals surface area contributed by atoms with Crippen molar-refractivity contribution in [1.29, 1.82) is 0 Å². The van der Waals surface area contributed by atoms with E-state index in [0.29, 0.717) is 19.0 Å². The largest absolute Gasteiger partial charge is 0.494 e. The van der Waals surface area contributed by atoms with Crippen LogP contribution in [-0.2, 0) is 0 Å². The standard InChI is InChI=1S/C18H22F3N3O/c1-25-16-4-2-3-14-15(5-8-22-17(14)16)23-11-13-6-9-24(10-7-13)12-18(19,20)21/h2-5,8,13H,6-7,9-12H2,1H3,(H,22,23). The molecule has 0 amide bonds. The van der Waals surface area contributed by atoms with E-state index in [1.54, 1.807) is 13.3 Å². The van der Waals surface area contributed by atoms with Crippen LogP contribution in [0, 0.1) is 5.92 Å². The molecule has 0 bridgehead atoms. The second kappa shape index (κ2) is 7.47. The highest BCUT2D eigenvalue weighted by Gasteiger charge is 2.32. The summed E-state index contributed by atoms with van der Waals surface area (Å²) in [5, 5.41) is 4.42. The van der Waals surface area contributed by atoms with Gasteiger partial charge in [0.2, 0.25) is 0 Å². The zero-order valence-corrected chi connectivity index (χ0v) is 14.1. The molecular weight excluding hydrogens is 331 g/mol. The number of fused-ring (bicyclic) bond motifs is 1. The van der Waals surface area contributed by atoms with Crippen molar-refractivity contribution in [1.82, 2.24) is 9.88 Å². The van der Waals surface area contributed by atoms with E-state index >= 15 is 0 Å². The molecule has 1 aliphatic heterocycles. The normalized spacial score (nSPS) is 17.0. The topological polar surface area (TPSA) is 37.4 Å². The van der Waals surface area contributed by atoms with Gasteiger partial charge in [0.05, 0.1) is 13.7 Å². The lowest BCUT2D eigenvalue weighted by atomic mass is 9.96. The summed E-state index contributed by atoms with van der Waals surface area (Å²) in [7, 11) is 1.62. The third kappa shape index (κ3) is 4.54. The Kier molecular flexibility index (Phi) is 5.32. The SMILES string of the molecule is COc1cccc2c(NCC3CCN(CC(F)(F)F)CC3)ccnc12. The number of halogens is 3. The molecule has 1 aromatic heterocycles. The van der Waals surface area contributed by atoms with Crippen molar-refractivity contribution in [3.8, 4) is 5.75 Å². The van der Waals surface area contributed by atoms with Crippen molar-refractivity contribution >= 4 is 16.6 Å². The predicted octanol–water partition coefficient (Wildman–Crippen LogP) is 3.93. The van der Waals surface area contributed by atoms with Gasteiger partial charge < -0.3 is 10.1 Å². The summed E-state index contributed by atoms with van der Waals surface area (Å²) in [4.78, 5) is 5.86. The lowest BCUT2D eigenvalue weighted by Gasteiger charge is -2.32. The van der Waals surface area contributed by atoms with Crippen molar-refractivity contribution in [3.63, 3.8) is 0 Å². The molecule has 2 heterocycles. The number of rotatable bonds is 5. The first-order valence-electron chi connectivity index (χ1n) is 8.41. The van der Waals surface area contributed by atoms with E-state index in [0.717, 1.165) is 41.7 Å². The molecule has 1 aromatic carbocycles. The van der Waals surface area contributed by atoms with Crippen molar-refractivity contribution in [2.45, 2.75) is 19.0 Å². The Balaban J connectivity index is 1.59. The number of alkyl halides is 3. The summed E-state index contributed by atoms with van der Waals surface area (Å²) in [5.41, 5.74) is 1.77. The quantitative estimate of drug-likeness (QED) is 0.884. The van der Waals surface area contributed by atoms with E-state index in [1.165, 1.54) is 4.90 Å². The molecule has 1 aliphatic rings. The Hall–Kier alpha value is -2.02. The van der Waals surface area contributed by atoms with Crippen LogP contribution >= 0.6 is 0 Å². The maximum atomic E-state index is 12.4. The van der Waals surface area contributed by atoms with Gasteiger partial charge in [-0.2, -0.15) is 13.2 Å². The van der Waals surface area contributed by atoms with Crippen molar-refractivity contribution in [2.24, 2.45) is 5.92 Å². The summed E-state index contributed by atoms with van der Waals surface area (Å²) >= 11 is 0. The van der Waals surface area contributed by atoms with Gasteiger partial charge in [-0.1, -0.05) is 12.1 Å². The second-order valence-electron chi connectivity index (χ2n) is 6.43. The number of nitrogens with zero attached hydrogens (tertiary/aromatic N) is 2. The average Bonchev–Trinajstić information content (AvgIpc) is 2.59. The number of ether oxygens (including phenoxy) is 1. The number of benzene rings is 1. The molecule has 3 rings (SSSR count). The molecule has 0 radical (unpaired) electrons. The molecule has 0 saturated carbocycles. The number of anilines is 1. The monoisotopic (exact) mass is 353 g/mol. The van der Waals surface area contributed by atoms with Crippen LogP contribution in [-0.4, -0.2) is 49.3 Å². The summed E-state index contributed by atoms with van der Waals surface area (Å²) in [5.74, 6) is 1.10. The van der Waals surface area contributed by atoms with Gasteiger partial charge in [0.1, 0.15) is 11.3 Å². The molecule has 2 aromatic rings. The van der Waals surface area contributed by atoms with E-state index in [4.69, 9.17) is 4.74 Å². The fourth-order valence-corrected chi connectivity index (χ4v) is 3.32. The smallest absolute Gasteiger partial charge is 0.401 e. The van der Waals surface area contributed by atoms with Crippen LogP contribution < -0.4 is 10.1 Å². The highest BCUT2D eigenvalue weighted by molar-refractivity contribution is 5.94. The highest BCUT2D eigenvalue weighted by atomic mass is 19.4. The van der Waals surface area contributed by atoms with Crippen LogP contribution in [0.2, 0.25) is 0 Å². The van der Waals surface area contributed by atoms with Gasteiger partial charge in [0.25, 0.3) is 0 Å². The molecule has 4 nitrogen and oxygen atoms in total. The zero-order chi connectivity index (χ0) is 17.9. The number of likely N-dealkylation sites (tertiary alicyclic amines) is 1. The molecule has 1 N–H and O–H groups in total. The van der Waals surface area contributed by atoms with Crippen LogP contribution in [0.3, 0.4) is 0 Å². The lowest BCUT2D eigenvalue weighted by Crippen LogP contribution is -2.41. The number of para-hydroxylation sites is 1. The van der Waals surface area contributed by atoms with E-state index in [1.807, 2.05) is 24.3 Å². The summed E-state index contributed by atoms with van der Waals surface area (Å²) in [6.45, 7) is 0.936. The molecule has 0 unspecified atom stereocenters. The van der Waals surface area contributed by atoms with Gasteiger partial charge in [0, 0.05) is 23.8 Å². The van der Waals surface area contributed by atoms with Crippen molar-refractivity contribution in [3.05, 3.63) is 30.5 Å². The van der Waals surface area contributed by atoms with Gasteiger partial charge in [-0.05, 0) is 44.0 Å². The van der Waals surface area contributed by atoms with E-state index in [2.05, 4.69) is 10.3 Å². The summed E-state index contributed by atoms with van der Waals surface area (Å²) in [6.07, 6.45) is -0.829. The fraction of sp³-hybridized carbons (Fsp3) is 0.500. The Morgan fingerprint density at radius 3 is 2.68 bits per heavy atom. The molecule has 0 atom stereocenters. The maximum absolute atomic E-state index is 12.4. The first-order valence-corrected chi connectivity index (χ1v) is 8.41. The first kappa shape index (κ1) is 17.8. The lowest BCUT2D eigenvalue weighted by molar-refractivity contribution is -0.148. The third-order valence-electron chi connectivity index (χ3n) is 4.65. The van der Waals surface area contributed by atoms with Gasteiger partial charge in [0.15, 0.2) is 0 Å². The zero-order valence-electron chi connectivity index (χ0n) is 14.1. The fourth-order valence-electron chi connectivity index (χ4n) is 3.32. The van der Waals surface area contributed by atoms with E-state index < -0.39 is 12.7 Å². The predicted molar refractivity (Wildman–Crippen MR) is 92.0 cm³/mol. The third-order valence-corrected chi connectivity index (χ3v) is 4.65. The molecule has 136 valence electrons. The highest BCUT2D eigenvalue weighted by Crippen LogP contribution is 2.29. The Morgan fingerprint density at radius 2 is 2.00 bits per heavy atom. The van der Waals surface area contributed by atoms with Gasteiger partial charge in [-0.3, -0.25) is 9.88 Å². The van der Waals surface area contributed by atoms with Crippen molar-refractivity contribution < 1.29 is 17.9 Å². The number of methoxy groups -OCH3 is 1. The number of nitrogens with one attached hydrogen (secondary N) is 1. The van der Waals surface area contributed by atoms with Gasteiger partial charge >= 0.3 is 6.18 Å². The second-order valence-corrected chi connectivity index (χ2v) is 6.43. The van der Waals surface area contributed by atoms with Crippen LogP contribution in [0.4, 0.5) is 18.9 Å². The van der Waals surface area contributed by atoms with Crippen molar-refractivity contribution in [2.75, 3.05) is 38.6 Å². The van der Waals surface area contributed by atoms with Crippen LogP contribution in [0.5, 0.6) is 5.75 Å². The summed E-state index contributed by atoms with van der Waals surface area (Å²) in [6, 6.07) is 7.69. The Bertz CT molecular complexity index is 712. The molecule has 7 heteroatoms. The minimum Gasteiger partial charge on any atom is -0.494 e. The number of hydrogen-bond donors (Lipinski definition) is 1. The van der Waals surface area contributed by atoms with Crippen LogP contribution in [0.1, 0.15) is 12.8 Å². The molecule has 1 fully saturated rings. The minimum atomic E-state index is -4.11. The number of aromatic nitrogens is 1. The molecular formula is C18H22F3N3O. The molecule has 25 heavy (non-hydrogen) atoms. The minimum absolute atomic E-state index is 0.373. The summed E-state index contributed by atoms with van der Waals surface area (Å²) < 4.78 is 42.7.